The summed E-state index contributed by atoms with van der Waals surface area (Å²) in [7, 11) is 0. The van der Waals surface area contributed by atoms with E-state index in [1.807, 2.05) is 12.1 Å². The topological polar surface area (TPSA) is 77.3 Å². The Labute approximate surface area is 189 Å². The van der Waals surface area contributed by atoms with E-state index in [1.165, 1.54) is 11.1 Å². The summed E-state index contributed by atoms with van der Waals surface area (Å²) >= 11 is 0. The summed E-state index contributed by atoms with van der Waals surface area (Å²) in [5.41, 5.74) is 2.90. The third kappa shape index (κ3) is 5.34. The van der Waals surface area contributed by atoms with Crippen LogP contribution in [0.15, 0.2) is 52.1 Å². The number of fused-ring (bicyclic) bond motifs is 1. The molecule has 1 spiro atoms. The number of aliphatic imine (C=N–C) groups is 1. The van der Waals surface area contributed by atoms with Crippen LogP contribution in [0.4, 0.5) is 0 Å². The van der Waals surface area contributed by atoms with Crippen molar-refractivity contribution < 1.29 is 18.6 Å². The lowest BCUT2D eigenvalue weighted by Crippen LogP contribution is -2.46. The highest BCUT2D eigenvalue weighted by atomic mass is 16.7. The van der Waals surface area contributed by atoms with E-state index in [-0.39, 0.29) is 6.10 Å². The Balaban J connectivity index is 1.20. The monoisotopic (exact) mass is 439 g/mol. The number of furan rings is 1. The van der Waals surface area contributed by atoms with Crippen molar-refractivity contribution in [1.82, 2.24) is 10.6 Å². The van der Waals surface area contributed by atoms with Crippen LogP contribution in [0.25, 0.3) is 0 Å². The number of aryl methyl sites for hydroxylation is 1. The van der Waals surface area contributed by atoms with Crippen LogP contribution in [-0.2, 0) is 33.5 Å². The van der Waals surface area contributed by atoms with Gasteiger partial charge in [0.25, 0.3) is 0 Å². The van der Waals surface area contributed by atoms with Gasteiger partial charge in [0.1, 0.15) is 11.9 Å². The number of ether oxygens (including phenoxy) is 3. The van der Waals surface area contributed by atoms with Crippen LogP contribution in [0.1, 0.15) is 36.1 Å². The predicted octanol–water partition coefficient (Wildman–Crippen LogP) is 2.84. The summed E-state index contributed by atoms with van der Waals surface area (Å²) in [6.45, 7) is 3.30. The first-order valence-electron chi connectivity index (χ1n) is 11.8. The van der Waals surface area contributed by atoms with Crippen molar-refractivity contribution in [3.63, 3.8) is 0 Å². The second-order valence-corrected chi connectivity index (χ2v) is 8.87. The summed E-state index contributed by atoms with van der Waals surface area (Å²) < 4.78 is 23.2. The molecule has 7 nitrogen and oxygen atoms in total. The Kier molecular flexibility index (Phi) is 6.76. The molecule has 3 heterocycles. The lowest BCUT2D eigenvalue weighted by Gasteiger charge is -2.31. The summed E-state index contributed by atoms with van der Waals surface area (Å²) in [5, 5.41) is 7.15. The largest absolute Gasteiger partial charge is 0.469 e. The highest BCUT2D eigenvalue weighted by molar-refractivity contribution is 5.80. The molecule has 2 aliphatic heterocycles. The zero-order valence-corrected chi connectivity index (χ0v) is 18.6. The molecule has 1 aliphatic carbocycles. The summed E-state index contributed by atoms with van der Waals surface area (Å²) in [4.78, 5) is 4.88. The van der Waals surface area contributed by atoms with Crippen molar-refractivity contribution in [2.45, 2.75) is 56.5 Å². The zero-order valence-electron chi connectivity index (χ0n) is 18.6. The molecule has 0 bridgehead atoms. The predicted molar refractivity (Wildman–Crippen MR) is 122 cm³/mol. The Morgan fingerprint density at radius 3 is 2.81 bits per heavy atom. The molecule has 0 saturated carbocycles. The van der Waals surface area contributed by atoms with Crippen LogP contribution < -0.4 is 10.6 Å². The van der Waals surface area contributed by atoms with Crippen molar-refractivity contribution in [2.75, 3.05) is 32.9 Å². The molecule has 32 heavy (non-hydrogen) atoms. The van der Waals surface area contributed by atoms with Gasteiger partial charge >= 0.3 is 0 Å². The minimum Gasteiger partial charge on any atom is -0.469 e. The van der Waals surface area contributed by atoms with Crippen molar-refractivity contribution in [3.05, 3.63) is 59.5 Å². The smallest absolute Gasteiger partial charge is 0.191 e. The van der Waals surface area contributed by atoms with Crippen LogP contribution in [0.2, 0.25) is 0 Å². The van der Waals surface area contributed by atoms with E-state index >= 15 is 0 Å². The first-order chi connectivity index (χ1) is 15.8. The van der Waals surface area contributed by atoms with E-state index < -0.39 is 5.79 Å². The maximum Gasteiger partial charge on any atom is 0.191 e. The highest BCUT2D eigenvalue weighted by Crippen LogP contribution is 2.33. The second kappa shape index (κ2) is 10.1. The molecule has 172 valence electrons. The summed E-state index contributed by atoms with van der Waals surface area (Å²) in [6.07, 6.45) is 7.30. The van der Waals surface area contributed by atoms with Crippen molar-refractivity contribution in [2.24, 2.45) is 4.99 Å². The summed E-state index contributed by atoms with van der Waals surface area (Å²) in [6, 6.07) is 13.0. The van der Waals surface area contributed by atoms with Crippen molar-refractivity contribution in [1.29, 1.82) is 0 Å². The third-order valence-corrected chi connectivity index (χ3v) is 6.55. The van der Waals surface area contributed by atoms with E-state index in [4.69, 9.17) is 23.6 Å². The van der Waals surface area contributed by atoms with E-state index in [2.05, 4.69) is 34.9 Å². The van der Waals surface area contributed by atoms with E-state index in [0.29, 0.717) is 32.4 Å². The molecule has 3 aliphatic rings. The third-order valence-electron chi connectivity index (χ3n) is 6.55. The molecule has 2 unspecified atom stereocenters. The van der Waals surface area contributed by atoms with Crippen LogP contribution in [-0.4, -0.2) is 56.8 Å². The Morgan fingerprint density at radius 1 is 1.09 bits per heavy atom. The molecule has 1 aromatic carbocycles. The van der Waals surface area contributed by atoms with Crippen molar-refractivity contribution in [3.8, 4) is 0 Å². The lowest BCUT2D eigenvalue weighted by molar-refractivity contribution is -0.210. The van der Waals surface area contributed by atoms with Crippen LogP contribution in [0.3, 0.4) is 0 Å². The standard InChI is InChI=1S/C25H33N3O4/c1-2-5-20-16-21(8-7-19(20)4-1)28-24(26-12-9-22-6-3-13-30-22)27-17-23-18-31-25(32-23)10-14-29-15-11-25/h1-6,13,21,23H,7-12,14-18H2,(H2,26,27,28). The molecule has 2 atom stereocenters. The number of rotatable bonds is 6. The van der Waals surface area contributed by atoms with Gasteiger partial charge < -0.3 is 29.3 Å². The maximum absolute atomic E-state index is 6.26. The minimum absolute atomic E-state index is 0.0242. The molecule has 2 saturated heterocycles. The Bertz CT molecular complexity index is 892. The van der Waals surface area contributed by atoms with Gasteiger partial charge in [-0.3, -0.25) is 4.99 Å². The highest BCUT2D eigenvalue weighted by Gasteiger charge is 2.42. The molecular weight excluding hydrogens is 406 g/mol. The van der Waals surface area contributed by atoms with Gasteiger partial charge in [-0.1, -0.05) is 24.3 Å². The molecule has 2 aromatic rings. The number of hydrogen-bond acceptors (Lipinski definition) is 5. The van der Waals surface area contributed by atoms with E-state index in [1.54, 1.807) is 6.26 Å². The van der Waals surface area contributed by atoms with Gasteiger partial charge in [-0.05, 0) is 42.5 Å². The second-order valence-electron chi connectivity index (χ2n) is 8.87. The average molecular weight is 440 g/mol. The molecule has 0 radical (unpaired) electrons. The van der Waals surface area contributed by atoms with Gasteiger partial charge in [0.05, 0.1) is 32.6 Å². The van der Waals surface area contributed by atoms with Crippen LogP contribution in [0, 0.1) is 0 Å². The van der Waals surface area contributed by atoms with Gasteiger partial charge in [0, 0.05) is 31.8 Å². The zero-order chi connectivity index (χ0) is 21.6. The molecule has 5 rings (SSSR count). The Morgan fingerprint density at radius 2 is 1.97 bits per heavy atom. The fraction of sp³-hybridized carbons (Fsp3) is 0.560. The summed E-state index contributed by atoms with van der Waals surface area (Å²) in [5.74, 6) is 1.33. The maximum atomic E-state index is 6.26. The number of benzene rings is 1. The van der Waals surface area contributed by atoms with Gasteiger partial charge in [0.2, 0.25) is 0 Å². The first-order valence-corrected chi connectivity index (χ1v) is 11.8. The minimum atomic E-state index is -0.466. The fourth-order valence-electron chi connectivity index (χ4n) is 4.77. The SMILES string of the molecule is c1coc(CCNC(=NCC2COC3(CCOCC3)O2)NC2CCc3ccccc3C2)c1. The van der Waals surface area contributed by atoms with Crippen molar-refractivity contribution >= 4 is 5.96 Å². The first kappa shape index (κ1) is 21.5. The van der Waals surface area contributed by atoms with Gasteiger partial charge in [-0.15, -0.1) is 0 Å². The number of nitrogens with one attached hydrogen (secondary N) is 2. The molecule has 2 fully saturated rings. The van der Waals surface area contributed by atoms with Gasteiger partial charge in [0.15, 0.2) is 11.7 Å². The number of hydrogen-bond donors (Lipinski definition) is 2. The lowest BCUT2D eigenvalue weighted by atomic mass is 9.88. The molecule has 2 N–H and O–H groups in total. The molecule has 1 aromatic heterocycles. The van der Waals surface area contributed by atoms with Gasteiger partial charge in [-0.2, -0.15) is 0 Å². The average Bonchev–Trinajstić information content (AvgIpc) is 3.48. The normalized spacial score (nSPS) is 24.9. The Hall–Kier alpha value is -2.35. The molecule has 0 amide bonds. The quantitative estimate of drug-likeness (QED) is 0.533. The van der Waals surface area contributed by atoms with Crippen LogP contribution >= 0.6 is 0 Å². The molecular formula is C25H33N3O4. The molecule has 7 heteroatoms. The van der Waals surface area contributed by atoms with Gasteiger partial charge in [-0.25, -0.2) is 0 Å². The number of nitrogens with zero attached hydrogens (tertiary/aromatic N) is 1. The fourth-order valence-corrected chi connectivity index (χ4v) is 4.77. The number of guanidine groups is 1. The van der Waals surface area contributed by atoms with E-state index in [9.17, 15) is 0 Å². The van der Waals surface area contributed by atoms with Crippen LogP contribution in [0.5, 0.6) is 0 Å². The van der Waals surface area contributed by atoms with E-state index in [0.717, 1.165) is 56.8 Å².